The standard InChI is InChI=1S/C19H16ClNO4S/c1-12(18(22)21-11-15-3-2-10-24-15)25-19(23)17-9-8-16(26-17)13-4-6-14(20)7-5-13/h2-10,12H,11H2,1H3,(H,21,22)/t12-/m1/s1. The molecule has 134 valence electrons. The lowest BCUT2D eigenvalue weighted by Crippen LogP contribution is -2.35. The van der Waals surface area contributed by atoms with E-state index in [1.54, 1.807) is 30.3 Å². The number of esters is 1. The first-order valence-corrected chi connectivity index (χ1v) is 9.09. The van der Waals surface area contributed by atoms with Gasteiger partial charge < -0.3 is 14.5 Å². The number of thiophene rings is 1. The van der Waals surface area contributed by atoms with Crippen molar-refractivity contribution in [3.63, 3.8) is 0 Å². The van der Waals surface area contributed by atoms with Gasteiger partial charge in [-0.15, -0.1) is 11.3 Å². The Kier molecular flexibility index (Phi) is 5.75. The summed E-state index contributed by atoms with van der Waals surface area (Å²) in [6.07, 6.45) is 0.624. The minimum atomic E-state index is -0.904. The molecule has 0 saturated heterocycles. The van der Waals surface area contributed by atoms with Crippen molar-refractivity contribution in [1.29, 1.82) is 0 Å². The Bertz CT molecular complexity index is 887. The van der Waals surface area contributed by atoms with Crippen LogP contribution in [0.15, 0.2) is 59.2 Å². The molecule has 5 nitrogen and oxygen atoms in total. The second kappa shape index (κ2) is 8.21. The first-order valence-electron chi connectivity index (χ1n) is 7.90. The summed E-state index contributed by atoms with van der Waals surface area (Å²) in [4.78, 5) is 25.6. The quantitative estimate of drug-likeness (QED) is 0.629. The van der Waals surface area contributed by atoms with Crippen LogP contribution in [0.1, 0.15) is 22.4 Å². The summed E-state index contributed by atoms with van der Waals surface area (Å²) >= 11 is 7.19. The molecule has 0 radical (unpaired) electrons. The van der Waals surface area contributed by atoms with Crippen LogP contribution in [-0.4, -0.2) is 18.0 Å². The monoisotopic (exact) mass is 389 g/mol. The number of hydrogen-bond donors (Lipinski definition) is 1. The fourth-order valence-electron chi connectivity index (χ4n) is 2.22. The van der Waals surface area contributed by atoms with E-state index in [0.717, 1.165) is 10.4 Å². The number of furan rings is 1. The summed E-state index contributed by atoms with van der Waals surface area (Å²) in [5.74, 6) is -0.289. The van der Waals surface area contributed by atoms with Gasteiger partial charge >= 0.3 is 5.97 Å². The van der Waals surface area contributed by atoms with E-state index in [9.17, 15) is 9.59 Å². The van der Waals surface area contributed by atoms with E-state index in [0.29, 0.717) is 15.7 Å². The van der Waals surface area contributed by atoms with Crippen LogP contribution in [0.4, 0.5) is 0 Å². The Morgan fingerprint density at radius 3 is 2.65 bits per heavy atom. The Morgan fingerprint density at radius 1 is 1.19 bits per heavy atom. The van der Waals surface area contributed by atoms with Gasteiger partial charge in [-0.2, -0.15) is 0 Å². The molecule has 0 spiro atoms. The minimum absolute atomic E-state index is 0.243. The summed E-state index contributed by atoms with van der Waals surface area (Å²) in [6, 6.07) is 14.4. The molecule has 3 aromatic rings. The predicted molar refractivity (Wildman–Crippen MR) is 100 cm³/mol. The summed E-state index contributed by atoms with van der Waals surface area (Å²) in [7, 11) is 0. The predicted octanol–water partition coefficient (Wildman–Crippen LogP) is 4.52. The van der Waals surface area contributed by atoms with E-state index in [1.165, 1.54) is 24.5 Å². The smallest absolute Gasteiger partial charge is 0.349 e. The number of ether oxygens (including phenoxy) is 1. The molecule has 2 heterocycles. The molecule has 0 fully saturated rings. The van der Waals surface area contributed by atoms with Crippen LogP contribution in [0.25, 0.3) is 10.4 Å². The molecular weight excluding hydrogens is 374 g/mol. The van der Waals surface area contributed by atoms with E-state index in [-0.39, 0.29) is 12.5 Å². The zero-order chi connectivity index (χ0) is 18.5. The van der Waals surface area contributed by atoms with Crippen LogP contribution in [0.5, 0.6) is 0 Å². The third-order valence-electron chi connectivity index (χ3n) is 3.61. The van der Waals surface area contributed by atoms with Gasteiger partial charge in [0.2, 0.25) is 0 Å². The van der Waals surface area contributed by atoms with Gasteiger partial charge in [0.15, 0.2) is 6.10 Å². The molecule has 0 aliphatic carbocycles. The molecule has 1 amide bonds. The van der Waals surface area contributed by atoms with Crippen LogP contribution in [-0.2, 0) is 16.1 Å². The lowest BCUT2D eigenvalue weighted by Gasteiger charge is -2.12. The van der Waals surface area contributed by atoms with E-state index in [1.807, 2.05) is 18.2 Å². The third kappa shape index (κ3) is 4.53. The van der Waals surface area contributed by atoms with Crippen LogP contribution in [0.3, 0.4) is 0 Å². The van der Waals surface area contributed by atoms with Gasteiger partial charge in [-0.05, 0) is 48.9 Å². The molecule has 1 N–H and O–H groups in total. The molecular formula is C19H16ClNO4S. The third-order valence-corrected chi connectivity index (χ3v) is 4.97. The SMILES string of the molecule is C[C@@H](OC(=O)c1ccc(-c2ccc(Cl)cc2)s1)C(=O)NCc1ccco1. The largest absolute Gasteiger partial charge is 0.467 e. The second-order valence-electron chi connectivity index (χ2n) is 5.52. The Morgan fingerprint density at radius 2 is 1.96 bits per heavy atom. The van der Waals surface area contributed by atoms with Crippen molar-refractivity contribution in [2.24, 2.45) is 0 Å². The van der Waals surface area contributed by atoms with Gasteiger partial charge in [0, 0.05) is 9.90 Å². The summed E-state index contributed by atoms with van der Waals surface area (Å²) in [5.41, 5.74) is 0.961. The fraction of sp³-hybridized carbons (Fsp3) is 0.158. The van der Waals surface area contributed by atoms with Crippen molar-refractivity contribution in [2.75, 3.05) is 0 Å². The zero-order valence-electron chi connectivity index (χ0n) is 13.9. The number of carbonyl (C=O) groups is 2. The van der Waals surface area contributed by atoms with Gasteiger partial charge in [-0.3, -0.25) is 4.79 Å². The van der Waals surface area contributed by atoms with E-state index in [4.69, 9.17) is 20.8 Å². The maximum absolute atomic E-state index is 12.3. The van der Waals surface area contributed by atoms with Gasteiger partial charge in [0.05, 0.1) is 12.8 Å². The van der Waals surface area contributed by atoms with E-state index < -0.39 is 12.1 Å². The molecule has 2 aromatic heterocycles. The number of nitrogens with one attached hydrogen (secondary N) is 1. The van der Waals surface area contributed by atoms with Gasteiger partial charge in [-0.1, -0.05) is 23.7 Å². The van der Waals surface area contributed by atoms with Crippen molar-refractivity contribution in [3.8, 4) is 10.4 Å². The number of halogens is 1. The van der Waals surface area contributed by atoms with E-state index >= 15 is 0 Å². The molecule has 1 aromatic carbocycles. The normalized spacial score (nSPS) is 11.8. The van der Waals surface area contributed by atoms with Crippen LogP contribution < -0.4 is 5.32 Å². The Labute approximate surface area is 159 Å². The van der Waals surface area contributed by atoms with Crippen LogP contribution in [0.2, 0.25) is 5.02 Å². The molecule has 0 aliphatic rings. The first-order chi connectivity index (χ1) is 12.5. The molecule has 26 heavy (non-hydrogen) atoms. The molecule has 7 heteroatoms. The average molecular weight is 390 g/mol. The minimum Gasteiger partial charge on any atom is -0.467 e. The van der Waals surface area contributed by atoms with Crippen LogP contribution >= 0.6 is 22.9 Å². The molecule has 3 rings (SSSR count). The van der Waals surface area contributed by atoms with Gasteiger partial charge in [-0.25, -0.2) is 4.79 Å². The molecule has 0 saturated carbocycles. The highest BCUT2D eigenvalue weighted by atomic mass is 35.5. The number of carbonyl (C=O) groups excluding carboxylic acids is 2. The highest BCUT2D eigenvalue weighted by Crippen LogP contribution is 2.29. The van der Waals surface area contributed by atoms with Crippen LogP contribution in [0, 0.1) is 0 Å². The number of amides is 1. The number of rotatable bonds is 6. The van der Waals surface area contributed by atoms with Crippen molar-refractivity contribution in [1.82, 2.24) is 5.32 Å². The highest BCUT2D eigenvalue weighted by Gasteiger charge is 2.20. The maximum atomic E-state index is 12.3. The fourth-order valence-corrected chi connectivity index (χ4v) is 3.24. The first kappa shape index (κ1) is 18.2. The molecule has 0 aliphatic heterocycles. The van der Waals surface area contributed by atoms with Crippen molar-refractivity contribution in [3.05, 3.63) is 70.5 Å². The Balaban J connectivity index is 1.57. The summed E-state index contributed by atoms with van der Waals surface area (Å²) in [6.45, 7) is 1.77. The number of hydrogen-bond acceptors (Lipinski definition) is 5. The Hall–Kier alpha value is -2.57. The van der Waals surface area contributed by atoms with Crippen molar-refractivity contribution >= 4 is 34.8 Å². The lowest BCUT2D eigenvalue weighted by molar-refractivity contribution is -0.129. The van der Waals surface area contributed by atoms with Crippen molar-refractivity contribution in [2.45, 2.75) is 19.6 Å². The topological polar surface area (TPSA) is 68.5 Å². The van der Waals surface area contributed by atoms with E-state index in [2.05, 4.69) is 5.32 Å². The highest BCUT2D eigenvalue weighted by molar-refractivity contribution is 7.17. The average Bonchev–Trinajstić information content (AvgIpc) is 3.32. The van der Waals surface area contributed by atoms with Gasteiger partial charge in [0.25, 0.3) is 5.91 Å². The molecule has 0 bridgehead atoms. The number of benzene rings is 1. The summed E-state index contributed by atoms with van der Waals surface area (Å²) < 4.78 is 10.4. The van der Waals surface area contributed by atoms with Crippen molar-refractivity contribution < 1.29 is 18.7 Å². The van der Waals surface area contributed by atoms with Gasteiger partial charge in [0.1, 0.15) is 10.6 Å². The lowest BCUT2D eigenvalue weighted by atomic mass is 10.2. The zero-order valence-corrected chi connectivity index (χ0v) is 15.5. The maximum Gasteiger partial charge on any atom is 0.349 e. The summed E-state index contributed by atoms with van der Waals surface area (Å²) in [5, 5.41) is 3.31. The molecule has 1 atom stereocenters. The molecule has 0 unspecified atom stereocenters. The second-order valence-corrected chi connectivity index (χ2v) is 7.04.